The fraction of sp³-hybridized carbons (Fsp3) is 1.00. The first-order valence-electron chi connectivity index (χ1n) is 6.19. The molecule has 0 aliphatic carbocycles. The molecule has 0 radical (unpaired) electrons. The fourth-order valence-electron chi connectivity index (χ4n) is 2.45. The Morgan fingerprint density at radius 3 is 2.31 bits per heavy atom. The molecular formula is C11H21F2N3. The van der Waals surface area contributed by atoms with Crippen molar-refractivity contribution >= 4 is 0 Å². The van der Waals surface area contributed by atoms with Crippen molar-refractivity contribution in [2.45, 2.75) is 18.8 Å². The van der Waals surface area contributed by atoms with Crippen molar-refractivity contribution in [3.8, 4) is 0 Å². The van der Waals surface area contributed by atoms with E-state index in [2.05, 4.69) is 10.2 Å². The molecule has 0 aromatic rings. The molecule has 2 aliphatic rings. The van der Waals surface area contributed by atoms with E-state index in [1.807, 2.05) is 4.90 Å². The lowest BCUT2D eigenvalue weighted by molar-refractivity contribution is 0.0119. The van der Waals surface area contributed by atoms with E-state index in [9.17, 15) is 8.78 Å². The monoisotopic (exact) mass is 233 g/mol. The lowest BCUT2D eigenvalue weighted by atomic mass is 10.3. The SMILES string of the molecule is FC1(F)CCN(CCCN2CCNCC2)C1. The zero-order valence-electron chi connectivity index (χ0n) is 9.72. The summed E-state index contributed by atoms with van der Waals surface area (Å²) in [5.41, 5.74) is 0. The van der Waals surface area contributed by atoms with Gasteiger partial charge in [0, 0.05) is 39.1 Å². The van der Waals surface area contributed by atoms with Gasteiger partial charge in [-0.3, -0.25) is 4.90 Å². The minimum atomic E-state index is -2.44. The van der Waals surface area contributed by atoms with E-state index < -0.39 is 5.92 Å². The number of likely N-dealkylation sites (tertiary alicyclic amines) is 1. The van der Waals surface area contributed by atoms with Crippen molar-refractivity contribution in [3.63, 3.8) is 0 Å². The smallest absolute Gasteiger partial charge is 0.261 e. The highest BCUT2D eigenvalue weighted by atomic mass is 19.3. The maximum atomic E-state index is 12.9. The van der Waals surface area contributed by atoms with Gasteiger partial charge < -0.3 is 10.2 Å². The Morgan fingerprint density at radius 1 is 1.00 bits per heavy atom. The number of nitrogens with one attached hydrogen (secondary N) is 1. The van der Waals surface area contributed by atoms with Gasteiger partial charge >= 0.3 is 0 Å². The lowest BCUT2D eigenvalue weighted by Crippen LogP contribution is -2.44. The Morgan fingerprint density at radius 2 is 1.69 bits per heavy atom. The number of hydrogen-bond donors (Lipinski definition) is 1. The third-order valence-corrected chi connectivity index (χ3v) is 3.41. The van der Waals surface area contributed by atoms with Crippen molar-refractivity contribution in [2.24, 2.45) is 0 Å². The molecule has 2 aliphatic heterocycles. The van der Waals surface area contributed by atoms with Crippen LogP contribution in [-0.4, -0.2) is 68.1 Å². The third kappa shape index (κ3) is 3.64. The van der Waals surface area contributed by atoms with Gasteiger partial charge in [0.1, 0.15) is 0 Å². The first-order chi connectivity index (χ1) is 7.66. The largest absolute Gasteiger partial charge is 0.314 e. The maximum Gasteiger partial charge on any atom is 0.261 e. The Balaban J connectivity index is 1.58. The minimum Gasteiger partial charge on any atom is -0.314 e. The standard InChI is InChI=1S/C11H21F2N3/c12-11(13)2-7-16(10-11)6-1-5-15-8-3-14-4-9-15/h14H,1-10H2. The van der Waals surface area contributed by atoms with Crippen LogP contribution in [-0.2, 0) is 0 Å². The van der Waals surface area contributed by atoms with E-state index >= 15 is 0 Å². The summed E-state index contributed by atoms with van der Waals surface area (Å²) in [6, 6.07) is 0. The molecule has 5 heteroatoms. The zero-order valence-corrected chi connectivity index (χ0v) is 9.72. The molecule has 16 heavy (non-hydrogen) atoms. The number of alkyl halides is 2. The van der Waals surface area contributed by atoms with Crippen LogP contribution in [0.2, 0.25) is 0 Å². The van der Waals surface area contributed by atoms with Gasteiger partial charge in [-0.1, -0.05) is 0 Å². The molecule has 0 saturated carbocycles. The molecule has 2 fully saturated rings. The molecule has 94 valence electrons. The van der Waals surface area contributed by atoms with Gasteiger partial charge in [-0.05, 0) is 19.5 Å². The molecular weight excluding hydrogens is 212 g/mol. The Bertz CT molecular complexity index is 217. The molecule has 0 aromatic carbocycles. The van der Waals surface area contributed by atoms with Gasteiger partial charge in [0.15, 0.2) is 0 Å². The predicted molar refractivity (Wildman–Crippen MR) is 59.9 cm³/mol. The molecule has 3 nitrogen and oxygen atoms in total. The average molecular weight is 233 g/mol. The van der Waals surface area contributed by atoms with Gasteiger partial charge in [-0.2, -0.15) is 0 Å². The number of nitrogens with zero attached hydrogens (tertiary/aromatic N) is 2. The summed E-state index contributed by atoms with van der Waals surface area (Å²) in [5, 5.41) is 3.31. The zero-order chi connectivity index (χ0) is 11.4. The Labute approximate surface area is 95.8 Å². The summed E-state index contributed by atoms with van der Waals surface area (Å²) in [4.78, 5) is 4.30. The first-order valence-corrected chi connectivity index (χ1v) is 6.19. The Hall–Kier alpha value is -0.260. The second-order valence-corrected chi connectivity index (χ2v) is 4.83. The van der Waals surface area contributed by atoms with Crippen LogP contribution in [0.1, 0.15) is 12.8 Å². The van der Waals surface area contributed by atoms with Crippen molar-refractivity contribution in [1.82, 2.24) is 15.1 Å². The maximum absolute atomic E-state index is 12.9. The van der Waals surface area contributed by atoms with E-state index in [4.69, 9.17) is 0 Å². The van der Waals surface area contributed by atoms with Crippen LogP contribution in [0.3, 0.4) is 0 Å². The molecule has 0 spiro atoms. The van der Waals surface area contributed by atoms with E-state index in [-0.39, 0.29) is 13.0 Å². The van der Waals surface area contributed by atoms with Crippen LogP contribution in [0, 0.1) is 0 Å². The van der Waals surface area contributed by atoms with Gasteiger partial charge in [-0.15, -0.1) is 0 Å². The van der Waals surface area contributed by atoms with Crippen molar-refractivity contribution in [3.05, 3.63) is 0 Å². The van der Waals surface area contributed by atoms with Gasteiger partial charge in [0.2, 0.25) is 0 Å². The highest BCUT2D eigenvalue weighted by molar-refractivity contribution is 4.81. The summed E-state index contributed by atoms with van der Waals surface area (Å²) in [5.74, 6) is -2.44. The number of piperazine rings is 1. The highest BCUT2D eigenvalue weighted by Gasteiger charge is 2.37. The summed E-state index contributed by atoms with van der Waals surface area (Å²) < 4.78 is 25.8. The summed E-state index contributed by atoms with van der Waals surface area (Å²) in [6.45, 7) is 6.70. The molecule has 0 unspecified atom stereocenters. The van der Waals surface area contributed by atoms with Crippen molar-refractivity contribution < 1.29 is 8.78 Å². The number of rotatable bonds is 4. The van der Waals surface area contributed by atoms with E-state index in [1.54, 1.807) is 0 Å². The minimum absolute atomic E-state index is 0.0332. The van der Waals surface area contributed by atoms with Crippen molar-refractivity contribution in [1.29, 1.82) is 0 Å². The van der Waals surface area contributed by atoms with Crippen LogP contribution in [0.4, 0.5) is 8.78 Å². The van der Waals surface area contributed by atoms with Gasteiger partial charge in [-0.25, -0.2) is 8.78 Å². The van der Waals surface area contributed by atoms with Crippen molar-refractivity contribution in [2.75, 3.05) is 52.4 Å². The molecule has 0 atom stereocenters. The second-order valence-electron chi connectivity index (χ2n) is 4.83. The molecule has 2 saturated heterocycles. The average Bonchev–Trinajstić information content (AvgIpc) is 2.60. The van der Waals surface area contributed by atoms with E-state index in [0.717, 1.165) is 45.7 Å². The molecule has 1 N–H and O–H groups in total. The van der Waals surface area contributed by atoms with Gasteiger partial charge in [0.05, 0.1) is 6.54 Å². The fourth-order valence-corrected chi connectivity index (χ4v) is 2.45. The van der Waals surface area contributed by atoms with Crippen LogP contribution < -0.4 is 5.32 Å². The normalized spacial score (nSPS) is 27.4. The quantitative estimate of drug-likeness (QED) is 0.768. The topological polar surface area (TPSA) is 18.5 Å². The van der Waals surface area contributed by atoms with E-state index in [0.29, 0.717) is 6.54 Å². The second kappa shape index (κ2) is 5.38. The van der Waals surface area contributed by atoms with Crippen LogP contribution in [0.15, 0.2) is 0 Å². The Kier molecular flexibility index (Phi) is 4.10. The molecule has 2 heterocycles. The predicted octanol–water partition coefficient (Wildman–Crippen LogP) is 0.623. The lowest BCUT2D eigenvalue weighted by Gasteiger charge is -2.27. The summed E-state index contributed by atoms with van der Waals surface area (Å²) in [7, 11) is 0. The van der Waals surface area contributed by atoms with E-state index in [1.165, 1.54) is 0 Å². The third-order valence-electron chi connectivity index (χ3n) is 3.41. The molecule has 2 rings (SSSR count). The van der Waals surface area contributed by atoms with Gasteiger partial charge in [0.25, 0.3) is 5.92 Å². The van der Waals surface area contributed by atoms with Crippen LogP contribution in [0.5, 0.6) is 0 Å². The van der Waals surface area contributed by atoms with Crippen LogP contribution >= 0.6 is 0 Å². The van der Waals surface area contributed by atoms with Crippen LogP contribution in [0.25, 0.3) is 0 Å². The molecule has 0 amide bonds. The highest BCUT2D eigenvalue weighted by Crippen LogP contribution is 2.26. The number of halogens is 2. The first kappa shape index (κ1) is 12.2. The molecule has 0 bridgehead atoms. The number of hydrogen-bond acceptors (Lipinski definition) is 3. The summed E-state index contributed by atoms with van der Waals surface area (Å²) in [6.07, 6.45) is 1.05. The summed E-state index contributed by atoms with van der Waals surface area (Å²) >= 11 is 0. The molecule has 0 aromatic heterocycles.